The summed E-state index contributed by atoms with van der Waals surface area (Å²) >= 11 is 0. The molecule has 0 atom stereocenters. The monoisotopic (exact) mass is 314 g/mol. The maximum absolute atomic E-state index is 12.6. The van der Waals surface area contributed by atoms with Crippen molar-refractivity contribution in [1.29, 1.82) is 0 Å². The van der Waals surface area contributed by atoms with Gasteiger partial charge in [0, 0.05) is 5.69 Å². The third-order valence-electron chi connectivity index (χ3n) is 2.92. The van der Waals surface area contributed by atoms with Gasteiger partial charge in [-0.3, -0.25) is 9.59 Å². The van der Waals surface area contributed by atoms with Crippen molar-refractivity contribution in [2.75, 3.05) is 18.8 Å². The number of carbonyl (C=O) groups is 2. The van der Waals surface area contributed by atoms with Crippen molar-refractivity contribution in [2.45, 2.75) is 18.7 Å². The van der Waals surface area contributed by atoms with Crippen LogP contribution in [0.3, 0.4) is 0 Å². The molecule has 0 radical (unpaired) electrons. The third kappa shape index (κ3) is 3.92. The molecule has 0 aliphatic carbocycles. The number of sulfonamides is 1. The quantitative estimate of drug-likeness (QED) is 0.566. The van der Waals surface area contributed by atoms with Crippen molar-refractivity contribution < 1.29 is 18.0 Å². The van der Waals surface area contributed by atoms with Gasteiger partial charge in [0.05, 0.1) is 18.0 Å². The smallest absolute Gasteiger partial charge is 0.244 e. The van der Waals surface area contributed by atoms with Crippen LogP contribution in [0, 0.1) is 13.8 Å². The van der Waals surface area contributed by atoms with E-state index in [9.17, 15) is 18.0 Å². The molecule has 0 bridgehead atoms. The Morgan fingerprint density at radius 3 is 2.00 bits per heavy atom. The van der Waals surface area contributed by atoms with E-state index >= 15 is 0 Å². The zero-order valence-electron chi connectivity index (χ0n) is 11.8. The molecule has 0 aliphatic heterocycles. The van der Waals surface area contributed by atoms with Gasteiger partial charge in [0.25, 0.3) is 0 Å². The standard InChI is InChI=1S/C12H18N4O4S/c1-7-3-9(13)4-10(8(7)2)21(19,20)16(5-11(14)17)6-12(15)18/h3-4H,5-6,13H2,1-2H3,(H2,14,17)(H2,15,18). The van der Waals surface area contributed by atoms with Crippen molar-refractivity contribution >= 4 is 27.5 Å². The molecule has 1 aromatic carbocycles. The first-order valence-corrected chi connectivity index (χ1v) is 7.43. The minimum absolute atomic E-state index is 0.0810. The number of aryl methyl sites for hydroxylation is 1. The summed E-state index contributed by atoms with van der Waals surface area (Å²) in [5.41, 5.74) is 17.1. The molecular formula is C12H18N4O4S. The van der Waals surface area contributed by atoms with Crippen molar-refractivity contribution in [2.24, 2.45) is 11.5 Å². The Labute approximate surface area is 122 Å². The maximum atomic E-state index is 12.6. The molecule has 0 aliphatic rings. The van der Waals surface area contributed by atoms with Crippen molar-refractivity contribution in [3.05, 3.63) is 23.3 Å². The molecule has 9 heteroatoms. The molecule has 0 aromatic heterocycles. The summed E-state index contributed by atoms with van der Waals surface area (Å²) in [6.07, 6.45) is 0. The molecule has 1 aromatic rings. The number of nitrogen functional groups attached to an aromatic ring is 1. The fourth-order valence-electron chi connectivity index (χ4n) is 1.83. The highest BCUT2D eigenvalue weighted by atomic mass is 32.2. The predicted molar refractivity (Wildman–Crippen MR) is 77.5 cm³/mol. The van der Waals surface area contributed by atoms with E-state index in [1.54, 1.807) is 19.9 Å². The number of hydrogen-bond acceptors (Lipinski definition) is 5. The van der Waals surface area contributed by atoms with Gasteiger partial charge >= 0.3 is 0 Å². The van der Waals surface area contributed by atoms with Crippen LogP contribution in [0.25, 0.3) is 0 Å². The summed E-state index contributed by atoms with van der Waals surface area (Å²) < 4.78 is 25.8. The molecule has 0 saturated carbocycles. The van der Waals surface area contributed by atoms with Crippen LogP contribution in [0.5, 0.6) is 0 Å². The van der Waals surface area contributed by atoms with E-state index < -0.39 is 34.9 Å². The number of carbonyl (C=O) groups excluding carboxylic acids is 2. The SMILES string of the molecule is Cc1cc(N)cc(S(=O)(=O)N(CC(N)=O)CC(N)=O)c1C. The minimum atomic E-state index is -4.12. The van der Waals surface area contributed by atoms with Crippen LogP contribution < -0.4 is 17.2 Å². The Hall–Kier alpha value is -2.13. The molecule has 0 unspecified atom stereocenters. The van der Waals surface area contributed by atoms with Crippen molar-refractivity contribution in [3.8, 4) is 0 Å². The lowest BCUT2D eigenvalue weighted by Gasteiger charge is -2.21. The second-order valence-electron chi connectivity index (χ2n) is 4.67. The summed E-state index contributed by atoms with van der Waals surface area (Å²) in [5, 5.41) is 0. The molecule has 8 nitrogen and oxygen atoms in total. The molecule has 0 fully saturated rings. The number of nitrogens with zero attached hydrogens (tertiary/aromatic N) is 1. The minimum Gasteiger partial charge on any atom is -0.399 e. The Balaban J connectivity index is 3.41. The van der Waals surface area contributed by atoms with Crippen molar-refractivity contribution in [3.63, 3.8) is 0 Å². The van der Waals surface area contributed by atoms with Gasteiger partial charge in [-0.25, -0.2) is 8.42 Å². The number of primary amides is 2. The van der Waals surface area contributed by atoms with Crippen LogP contribution in [0.4, 0.5) is 5.69 Å². The van der Waals surface area contributed by atoms with E-state index in [0.29, 0.717) is 15.4 Å². The molecule has 6 N–H and O–H groups in total. The summed E-state index contributed by atoms with van der Waals surface area (Å²) in [7, 11) is -4.12. The zero-order chi connectivity index (χ0) is 16.4. The van der Waals surface area contributed by atoms with Gasteiger partial charge in [-0.15, -0.1) is 0 Å². The lowest BCUT2D eigenvalue weighted by atomic mass is 10.1. The molecule has 0 heterocycles. The number of anilines is 1. The van der Waals surface area contributed by atoms with Crippen LogP contribution in [0.1, 0.15) is 11.1 Å². The molecule has 21 heavy (non-hydrogen) atoms. The van der Waals surface area contributed by atoms with E-state index in [1.807, 2.05) is 0 Å². The highest BCUT2D eigenvalue weighted by Gasteiger charge is 2.29. The molecule has 2 amide bonds. The van der Waals surface area contributed by atoms with Gasteiger partial charge < -0.3 is 17.2 Å². The van der Waals surface area contributed by atoms with E-state index in [0.717, 1.165) is 0 Å². The van der Waals surface area contributed by atoms with E-state index in [4.69, 9.17) is 17.2 Å². The zero-order valence-corrected chi connectivity index (χ0v) is 12.6. The summed E-state index contributed by atoms with van der Waals surface area (Å²) in [4.78, 5) is 22.0. The van der Waals surface area contributed by atoms with Crippen molar-refractivity contribution in [1.82, 2.24) is 4.31 Å². The number of benzene rings is 1. The summed E-state index contributed by atoms with van der Waals surface area (Å²) in [6.45, 7) is 2.03. The Morgan fingerprint density at radius 2 is 1.57 bits per heavy atom. The lowest BCUT2D eigenvalue weighted by molar-refractivity contribution is -0.120. The molecule has 0 saturated heterocycles. The van der Waals surface area contributed by atoms with E-state index in [2.05, 4.69) is 0 Å². The average molecular weight is 314 g/mol. The van der Waals surface area contributed by atoms with Crippen LogP contribution in [-0.4, -0.2) is 37.6 Å². The second kappa shape index (κ2) is 6.10. The number of amides is 2. The van der Waals surface area contributed by atoms with Gasteiger partial charge in [-0.1, -0.05) is 0 Å². The van der Waals surface area contributed by atoms with Crippen LogP contribution in [-0.2, 0) is 19.6 Å². The number of rotatable bonds is 6. The van der Waals surface area contributed by atoms with E-state index in [1.165, 1.54) is 6.07 Å². The first-order valence-electron chi connectivity index (χ1n) is 5.99. The van der Waals surface area contributed by atoms with Gasteiger partial charge in [0.1, 0.15) is 0 Å². The highest BCUT2D eigenvalue weighted by molar-refractivity contribution is 7.89. The molecule has 116 valence electrons. The van der Waals surface area contributed by atoms with Crippen LogP contribution in [0.2, 0.25) is 0 Å². The van der Waals surface area contributed by atoms with Gasteiger partial charge in [-0.2, -0.15) is 4.31 Å². The first-order chi connectivity index (χ1) is 9.55. The van der Waals surface area contributed by atoms with Gasteiger partial charge in [-0.05, 0) is 37.1 Å². The number of hydrogen-bond donors (Lipinski definition) is 3. The Kier molecular flexibility index (Phi) is 4.92. The fourth-order valence-corrected chi connectivity index (χ4v) is 3.54. The van der Waals surface area contributed by atoms with Crippen LogP contribution in [0.15, 0.2) is 17.0 Å². The lowest BCUT2D eigenvalue weighted by Crippen LogP contribution is -2.43. The number of nitrogens with two attached hydrogens (primary N) is 3. The van der Waals surface area contributed by atoms with E-state index in [-0.39, 0.29) is 10.6 Å². The molecular weight excluding hydrogens is 296 g/mol. The Morgan fingerprint density at radius 1 is 1.10 bits per heavy atom. The maximum Gasteiger partial charge on any atom is 0.244 e. The fraction of sp³-hybridized carbons (Fsp3) is 0.333. The topological polar surface area (TPSA) is 150 Å². The van der Waals surface area contributed by atoms with Gasteiger partial charge in [0.2, 0.25) is 21.8 Å². The first kappa shape index (κ1) is 16.9. The average Bonchev–Trinajstić information content (AvgIpc) is 2.31. The highest BCUT2D eigenvalue weighted by Crippen LogP contribution is 2.25. The largest absolute Gasteiger partial charge is 0.399 e. The van der Waals surface area contributed by atoms with Crippen LogP contribution >= 0.6 is 0 Å². The Bertz CT molecular complexity index is 669. The predicted octanol–water partition coefficient (Wildman–Crippen LogP) is -1.15. The molecule has 0 spiro atoms. The molecule has 1 rings (SSSR count). The normalized spacial score (nSPS) is 11.6. The third-order valence-corrected chi connectivity index (χ3v) is 4.84. The summed E-state index contributed by atoms with van der Waals surface area (Å²) in [6, 6.07) is 2.90. The van der Waals surface area contributed by atoms with Gasteiger partial charge in [0.15, 0.2) is 0 Å². The second-order valence-corrected chi connectivity index (χ2v) is 6.57. The summed E-state index contributed by atoms with van der Waals surface area (Å²) in [5.74, 6) is -1.78.